The van der Waals surface area contributed by atoms with E-state index in [0.29, 0.717) is 0 Å². The van der Waals surface area contributed by atoms with Crippen molar-refractivity contribution in [1.82, 2.24) is 0 Å². The Hall–Kier alpha value is -0.770. The highest BCUT2D eigenvalue weighted by molar-refractivity contribution is 5.68. The van der Waals surface area contributed by atoms with Crippen molar-refractivity contribution >= 4 is 5.97 Å². The quantitative estimate of drug-likeness (QED) is 0.347. The first-order valence-corrected chi connectivity index (χ1v) is 4.61. The molecule has 8 heteroatoms. The molecule has 0 aromatic heterocycles. The summed E-state index contributed by atoms with van der Waals surface area (Å²) in [6.45, 7) is -1.30. The van der Waals surface area contributed by atoms with Gasteiger partial charge in [-0.3, -0.25) is 0 Å². The highest BCUT2D eigenvalue weighted by Crippen LogP contribution is 2.21. The summed E-state index contributed by atoms with van der Waals surface area (Å²) in [5, 5.41) is 45.3. The van der Waals surface area contributed by atoms with Crippen LogP contribution in [0.3, 0.4) is 0 Å². The van der Waals surface area contributed by atoms with Crippen molar-refractivity contribution in [2.45, 2.75) is 30.7 Å². The lowest BCUT2D eigenvalue weighted by molar-refractivity contribution is -0.300. The van der Waals surface area contributed by atoms with E-state index >= 15 is 0 Å². The number of rotatable bonds is 4. The molecular formula is C8H14O8. The maximum absolute atomic E-state index is 10.2. The highest BCUT2D eigenvalue weighted by atomic mass is 16.7. The van der Waals surface area contributed by atoms with Crippen LogP contribution < -0.4 is 0 Å². The van der Waals surface area contributed by atoms with E-state index in [1.807, 2.05) is 0 Å². The van der Waals surface area contributed by atoms with E-state index < -0.39 is 49.9 Å². The maximum atomic E-state index is 10.2. The second kappa shape index (κ2) is 5.53. The number of ether oxygens (including phenoxy) is 2. The molecule has 0 unspecified atom stereocenters. The molecule has 0 saturated carbocycles. The first-order valence-electron chi connectivity index (χ1n) is 4.61. The standard InChI is InChI=1S/C8H14O8/c9-1-3-5(12)6(13)7(14)8(16-3)15-2-4(10)11/h3,5-9,12-14H,1-2H2,(H,10,11)/t3-,5-,6+,7-,8-/m1/s1. The van der Waals surface area contributed by atoms with Crippen molar-refractivity contribution in [3.05, 3.63) is 0 Å². The summed E-state index contributed by atoms with van der Waals surface area (Å²) >= 11 is 0. The molecule has 1 rings (SSSR count). The maximum Gasteiger partial charge on any atom is 0.329 e. The number of aliphatic carboxylic acids is 1. The van der Waals surface area contributed by atoms with Gasteiger partial charge in [-0.1, -0.05) is 0 Å². The van der Waals surface area contributed by atoms with Crippen molar-refractivity contribution in [2.24, 2.45) is 0 Å². The molecule has 1 heterocycles. The molecule has 0 bridgehead atoms. The zero-order chi connectivity index (χ0) is 12.3. The van der Waals surface area contributed by atoms with Gasteiger partial charge in [-0.25, -0.2) is 4.79 Å². The van der Waals surface area contributed by atoms with Crippen LogP contribution in [0.5, 0.6) is 0 Å². The van der Waals surface area contributed by atoms with Gasteiger partial charge >= 0.3 is 5.97 Å². The third-order valence-corrected chi connectivity index (χ3v) is 2.22. The van der Waals surface area contributed by atoms with Crippen LogP contribution in [0.25, 0.3) is 0 Å². The van der Waals surface area contributed by atoms with Gasteiger partial charge in [0.05, 0.1) is 6.61 Å². The summed E-state index contributed by atoms with van der Waals surface area (Å²) in [6, 6.07) is 0. The van der Waals surface area contributed by atoms with Crippen molar-refractivity contribution in [3.63, 3.8) is 0 Å². The number of carboxylic acid groups (broad SMARTS) is 1. The Morgan fingerprint density at radius 3 is 2.31 bits per heavy atom. The van der Waals surface area contributed by atoms with Crippen LogP contribution in [0.2, 0.25) is 0 Å². The summed E-state index contributed by atoms with van der Waals surface area (Å²) in [4.78, 5) is 10.2. The normalized spacial score (nSPS) is 39.6. The van der Waals surface area contributed by atoms with Crippen LogP contribution in [0.4, 0.5) is 0 Å². The van der Waals surface area contributed by atoms with Crippen LogP contribution >= 0.6 is 0 Å². The number of carbonyl (C=O) groups is 1. The topological polar surface area (TPSA) is 137 Å². The van der Waals surface area contributed by atoms with Crippen molar-refractivity contribution in [2.75, 3.05) is 13.2 Å². The van der Waals surface area contributed by atoms with Gasteiger partial charge in [0.25, 0.3) is 0 Å². The number of aliphatic hydroxyl groups is 4. The van der Waals surface area contributed by atoms with Gasteiger partial charge < -0.3 is 35.0 Å². The molecule has 0 aromatic carbocycles. The van der Waals surface area contributed by atoms with E-state index in [1.54, 1.807) is 0 Å². The van der Waals surface area contributed by atoms with Crippen LogP contribution in [0.15, 0.2) is 0 Å². The lowest BCUT2D eigenvalue weighted by atomic mass is 9.99. The first-order chi connectivity index (χ1) is 7.47. The molecule has 0 aliphatic carbocycles. The molecule has 0 aromatic rings. The summed E-state index contributed by atoms with van der Waals surface area (Å²) in [5.74, 6) is -1.27. The third kappa shape index (κ3) is 2.88. The number of hydrogen-bond donors (Lipinski definition) is 5. The van der Waals surface area contributed by atoms with Crippen molar-refractivity contribution in [3.8, 4) is 0 Å². The molecule has 0 radical (unpaired) electrons. The minimum atomic E-state index is -1.57. The molecule has 1 saturated heterocycles. The highest BCUT2D eigenvalue weighted by Gasteiger charge is 2.44. The molecule has 0 amide bonds. The lowest BCUT2D eigenvalue weighted by Crippen LogP contribution is -2.59. The second-order valence-electron chi connectivity index (χ2n) is 3.40. The lowest BCUT2D eigenvalue weighted by Gasteiger charge is -2.39. The Morgan fingerprint density at radius 1 is 1.19 bits per heavy atom. The number of carboxylic acids is 1. The Balaban J connectivity index is 2.60. The Kier molecular flexibility index (Phi) is 4.59. The molecule has 5 atom stereocenters. The van der Waals surface area contributed by atoms with Gasteiger partial charge in [-0.2, -0.15) is 0 Å². The van der Waals surface area contributed by atoms with Crippen LogP contribution in [-0.2, 0) is 14.3 Å². The Labute approximate surface area is 90.6 Å². The van der Waals surface area contributed by atoms with E-state index in [9.17, 15) is 20.1 Å². The van der Waals surface area contributed by atoms with Crippen LogP contribution in [-0.4, -0.2) is 75.4 Å². The van der Waals surface area contributed by atoms with E-state index in [2.05, 4.69) is 4.74 Å². The van der Waals surface area contributed by atoms with E-state index in [1.165, 1.54) is 0 Å². The third-order valence-electron chi connectivity index (χ3n) is 2.22. The van der Waals surface area contributed by atoms with E-state index in [4.69, 9.17) is 14.9 Å². The van der Waals surface area contributed by atoms with Crippen molar-refractivity contribution < 1.29 is 39.8 Å². The zero-order valence-corrected chi connectivity index (χ0v) is 8.26. The van der Waals surface area contributed by atoms with Crippen LogP contribution in [0.1, 0.15) is 0 Å². The van der Waals surface area contributed by atoms with E-state index in [-0.39, 0.29) is 0 Å². The molecule has 8 nitrogen and oxygen atoms in total. The first kappa shape index (κ1) is 13.3. The molecule has 1 fully saturated rings. The van der Waals surface area contributed by atoms with Gasteiger partial charge in [-0.05, 0) is 0 Å². The average Bonchev–Trinajstić information content (AvgIpc) is 2.25. The molecule has 16 heavy (non-hydrogen) atoms. The SMILES string of the molecule is O=C(O)CO[C@@H]1O[C@H](CO)[C@@H](O)[C@H](O)[C@H]1O. The van der Waals surface area contributed by atoms with Gasteiger partial charge in [0, 0.05) is 0 Å². The predicted octanol–water partition coefficient (Wildman–Crippen LogP) is -3.11. The zero-order valence-electron chi connectivity index (χ0n) is 8.26. The molecule has 0 spiro atoms. The van der Waals surface area contributed by atoms with E-state index in [0.717, 1.165) is 0 Å². The smallest absolute Gasteiger partial charge is 0.329 e. The van der Waals surface area contributed by atoms with Crippen LogP contribution in [0, 0.1) is 0 Å². The molecule has 1 aliphatic heterocycles. The molecule has 5 N–H and O–H groups in total. The fraction of sp³-hybridized carbons (Fsp3) is 0.875. The molecule has 94 valence electrons. The second-order valence-corrected chi connectivity index (χ2v) is 3.40. The predicted molar refractivity (Wildman–Crippen MR) is 47.4 cm³/mol. The fourth-order valence-corrected chi connectivity index (χ4v) is 1.36. The Bertz CT molecular complexity index is 242. The number of aliphatic hydroxyl groups excluding tert-OH is 4. The fourth-order valence-electron chi connectivity index (χ4n) is 1.36. The monoisotopic (exact) mass is 238 g/mol. The summed E-state index contributed by atoms with van der Waals surface area (Å²) in [7, 11) is 0. The average molecular weight is 238 g/mol. The minimum Gasteiger partial charge on any atom is -0.480 e. The summed E-state index contributed by atoms with van der Waals surface area (Å²) < 4.78 is 9.54. The van der Waals surface area contributed by atoms with Gasteiger partial charge in [0.1, 0.15) is 31.0 Å². The number of hydrogen-bond acceptors (Lipinski definition) is 7. The van der Waals surface area contributed by atoms with Crippen molar-refractivity contribution in [1.29, 1.82) is 0 Å². The van der Waals surface area contributed by atoms with Gasteiger partial charge in [0.15, 0.2) is 6.29 Å². The Morgan fingerprint density at radius 2 is 1.81 bits per heavy atom. The van der Waals surface area contributed by atoms with Gasteiger partial charge in [0.2, 0.25) is 0 Å². The summed E-state index contributed by atoms with van der Waals surface area (Å²) in [5.41, 5.74) is 0. The summed E-state index contributed by atoms with van der Waals surface area (Å²) in [6.07, 6.45) is -7.12. The van der Waals surface area contributed by atoms with Gasteiger partial charge in [-0.15, -0.1) is 0 Å². The largest absolute Gasteiger partial charge is 0.480 e. The molecular weight excluding hydrogens is 224 g/mol. The minimum absolute atomic E-state index is 0.585. The molecule has 1 aliphatic rings.